The Labute approximate surface area is 238 Å². The lowest BCUT2D eigenvalue weighted by atomic mass is 9.43. The third-order valence-electron chi connectivity index (χ3n) is 11.8. The lowest BCUT2D eigenvalue weighted by Crippen LogP contribution is -2.58. The van der Waals surface area contributed by atoms with Crippen LogP contribution in [0.3, 0.4) is 0 Å². The molecule has 4 fully saturated rings. The Balaban J connectivity index is 1.22. The molecule has 9 heteroatoms. The Morgan fingerprint density at radius 1 is 1.10 bits per heavy atom. The van der Waals surface area contributed by atoms with Crippen LogP contribution in [0.5, 0.6) is 0 Å². The zero-order valence-corrected chi connectivity index (χ0v) is 25.0. The van der Waals surface area contributed by atoms with E-state index in [9.17, 15) is 23.4 Å². The van der Waals surface area contributed by atoms with Gasteiger partial charge in [-0.3, -0.25) is 4.79 Å². The van der Waals surface area contributed by atoms with Gasteiger partial charge in [0.15, 0.2) is 0 Å². The first-order chi connectivity index (χ1) is 18.2. The molecular formula is C30H45ClN2O5S. The summed E-state index contributed by atoms with van der Waals surface area (Å²) in [7, 11) is -3.92. The van der Waals surface area contributed by atoms with Crippen LogP contribution in [-0.2, 0) is 14.8 Å². The summed E-state index contributed by atoms with van der Waals surface area (Å²) in [4.78, 5) is 12.6. The number of nitrogens with one attached hydrogen (secondary N) is 1. The van der Waals surface area contributed by atoms with Crippen LogP contribution in [0.1, 0.15) is 85.0 Å². The summed E-state index contributed by atoms with van der Waals surface area (Å²) < 4.78 is 23.2. The summed E-state index contributed by atoms with van der Waals surface area (Å²) in [6, 6.07) is 4.22. The molecule has 0 spiro atoms. The van der Waals surface area contributed by atoms with Gasteiger partial charge in [-0.1, -0.05) is 32.4 Å². The molecule has 4 aliphatic carbocycles. The van der Waals surface area contributed by atoms with Crippen LogP contribution in [0, 0.1) is 46.3 Å². The maximum Gasteiger partial charge on any atom is 0.239 e. The third kappa shape index (κ3) is 5.29. The van der Waals surface area contributed by atoms with Gasteiger partial charge >= 0.3 is 0 Å². The maximum absolute atomic E-state index is 12.8. The molecule has 0 heterocycles. The van der Waals surface area contributed by atoms with Gasteiger partial charge in [0.2, 0.25) is 15.9 Å². The number of amides is 1. The molecule has 39 heavy (non-hydrogen) atoms. The van der Waals surface area contributed by atoms with E-state index < -0.39 is 10.0 Å². The average Bonchev–Trinajstić information content (AvgIpc) is 3.20. The Morgan fingerprint density at radius 3 is 2.49 bits per heavy atom. The second kappa shape index (κ2) is 10.6. The summed E-state index contributed by atoms with van der Waals surface area (Å²) in [5.41, 5.74) is 0.846. The quantitative estimate of drug-likeness (QED) is 0.361. The smallest absolute Gasteiger partial charge is 0.239 e. The highest BCUT2D eigenvalue weighted by Gasteiger charge is 2.62. The number of nitrogens with two attached hydrogens (primary N) is 1. The number of aliphatic hydroxyl groups is 2. The van der Waals surface area contributed by atoms with Crippen molar-refractivity contribution in [2.24, 2.45) is 51.5 Å². The summed E-state index contributed by atoms with van der Waals surface area (Å²) >= 11 is 6.06. The van der Waals surface area contributed by atoms with Crippen LogP contribution in [0.15, 0.2) is 23.1 Å². The van der Waals surface area contributed by atoms with E-state index in [-0.39, 0.29) is 38.9 Å². The van der Waals surface area contributed by atoms with Crippen LogP contribution in [0.4, 0.5) is 5.69 Å². The van der Waals surface area contributed by atoms with Crippen molar-refractivity contribution in [3.8, 4) is 0 Å². The minimum absolute atomic E-state index is 0.0151. The number of sulfonamides is 1. The van der Waals surface area contributed by atoms with Crippen molar-refractivity contribution in [1.82, 2.24) is 0 Å². The lowest BCUT2D eigenvalue weighted by Gasteiger charge is -2.62. The number of benzene rings is 1. The van der Waals surface area contributed by atoms with Gasteiger partial charge in [-0.2, -0.15) is 0 Å². The Kier molecular flexibility index (Phi) is 7.95. The third-order valence-corrected chi connectivity index (χ3v) is 13.2. The second-order valence-corrected chi connectivity index (χ2v) is 15.6. The first-order valence-corrected chi connectivity index (χ1v) is 16.6. The molecule has 4 aliphatic rings. The normalized spacial score (nSPS) is 40.7. The van der Waals surface area contributed by atoms with E-state index in [4.69, 9.17) is 16.7 Å². The summed E-state index contributed by atoms with van der Waals surface area (Å²) in [6.45, 7) is 7.16. The molecule has 7 nitrogen and oxygen atoms in total. The van der Waals surface area contributed by atoms with Gasteiger partial charge in [0.25, 0.3) is 0 Å². The fourth-order valence-corrected chi connectivity index (χ4v) is 10.9. The molecular weight excluding hydrogens is 536 g/mol. The number of rotatable bonds is 6. The molecule has 1 aromatic carbocycles. The minimum atomic E-state index is -3.92. The Morgan fingerprint density at radius 2 is 1.79 bits per heavy atom. The van der Waals surface area contributed by atoms with Crippen LogP contribution < -0.4 is 10.5 Å². The fourth-order valence-electron chi connectivity index (χ4n) is 9.77. The van der Waals surface area contributed by atoms with Gasteiger partial charge < -0.3 is 15.5 Å². The molecule has 1 aromatic rings. The van der Waals surface area contributed by atoms with Crippen LogP contribution >= 0.6 is 11.6 Å². The van der Waals surface area contributed by atoms with Crippen molar-refractivity contribution >= 4 is 33.2 Å². The summed E-state index contributed by atoms with van der Waals surface area (Å²) in [6.07, 6.45) is 8.89. The summed E-state index contributed by atoms with van der Waals surface area (Å²) in [5.74, 6) is 2.58. The molecule has 0 aromatic heterocycles. The highest BCUT2D eigenvalue weighted by atomic mass is 35.5. The number of carbonyl (C=O) groups excluding carboxylic acids is 1. The van der Waals surface area contributed by atoms with E-state index in [1.165, 1.54) is 24.6 Å². The molecule has 4 saturated carbocycles. The second-order valence-electron chi connectivity index (χ2n) is 13.7. The zero-order valence-electron chi connectivity index (χ0n) is 23.4. The Hall–Kier alpha value is -1.19. The molecule has 0 aliphatic heterocycles. The molecule has 0 unspecified atom stereocenters. The number of carbonyl (C=O) groups is 1. The van der Waals surface area contributed by atoms with E-state index in [2.05, 4.69) is 26.1 Å². The first kappa shape index (κ1) is 29.3. The highest BCUT2D eigenvalue weighted by Crippen LogP contribution is 2.68. The first-order valence-electron chi connectivity index (χ1n) is 14.7. The number of fused-ring (bicyclic) bond motifs is 5. The molecule has 1 amide bonds. The predicted molar refractivity (Wildman–Crippen MR) is 152 cm³/mol. The molecule has 5 rings (SSSR count). The number of hydrogen-bond donors (Lipinski definition) is 4. The Bertz CT molecular complexity index is 1210. The standard InChI is InChI=1S/C30H45ClN2O5S/c1-17(4-9-27(36)33-19-5-8-26(24(31)16-19)39(32,37)38)21-6-7-22-28-23(11-13-30(21,22)3)29(2)12-10-20(34)14-18(29)15-25(28)35/h5,8,16-18,20-23,25,28,34-35H,4,6-7,9-15H2,1-3H3,(H,33,36)(H2,32,37,38)/t17-,18+,20-,21-,22+,23+,25-,28+,29+,30-/m1/s1. The van der Waals surface area contributed by atoms with Crippen molar-refractivity contribution in [1.29, 1.82) is 0 Å². The summed E-state index contributed by atoms with van der Waals surface area (Å²) in [5, 5.41) is 29.8. The molecule has 0 radical (unpaired) electrons. The fraction of sp³-hybridized carbons (Fsp3) is 0.767. The van der Waals surface area contributed by atoms with Gasteiger partial charge in [0.1, 0.15) is 4.90 Å². The van der Waals surface area contributed by atoms with Gasteiger partial charge in [-0.05, 0) is 122 Å². The van der Waals surface area contributed by atoms with Crippen molar-refractivity contribution in [3.63, 3.8) is 0 Å². The zero-order chi connectivity index (χ0) is 28.3. The van der Waals surface area contributed by atoms with Gasteiger partial charge in [-0.25, -0.2) is 13.6 Å². The molecule has 5 N–H and O–H groups in total. The monoisotopic (exact) mass is 580 g/mol. The van der Waals surface area contributed by atoms with Gasteiger partial charge in [-0.15, -0.1) is 0 Å². The molecule has 0 bridgehead atoms. The SMILES string of the molecule is C[C@H](CCC(=O)Nc1ccc(S(N)(=O)=O)c(Cl)c1)[C@H]1CC[C@H]2[C@@H]3[C@H](O)C[C@@H]4C[C@H](O)CC[C@]4(C)[C@H]3CC[C@]12C. The number of halogens is 1. The van der Waals surface area contributed by atoms with Crippen molar-refractivity contribution < 1.29 is 23.4 Å². The van der Waals surface area contributed by atoms with Crippen molar-refractivity contribution in [3.05, 3.63) is 23.2 Å². The van der Waals surface area contributed by atoms with Gasteiger partial charge in [0, 0.05) is 12.1 Å². The highest BCUT2D eigenvalue weighted by molar-refractivity contribution is 7.89. The lowest BCUT2D eigenvalue weighted by molar-refractivity contribution is -0.174. The topological polar surface area (TPSA) is 130 Å². The number of anilines is 1. The van der Waals surface area contributed by atoms with Crippen LogP contribution in [-0.4, -0.2) is 36.7 Å². The van der Waals surface area contributed by atoms with E-state index in [1.54, 1.807) is 0 Å². The largest absolute Gasteiger partial charge is 0.393 e. The number of aliphatic hydroxyl groups excluding tert-OH is 2. The number of hydrogen-bond acceptors (Lipinski definition) is 5. The number of primary sulfonamides is 1. The molecule has 10 atom stereocenters. The predicted octanol–water partition coefficient (Wildman–Crippen LogP) is 5.33. The average molecular weight is 581 g/mol. The van der Waals surface area contributed by atoms with E-state index in [0.717, 1.165) is 51.4 Å². The van der Waals surface area contributed by atoms with E-state index in [0.29, 0.717) is 47.6 Å². The van der Waals surface area contributed by atoms with Crippen LogP contribution in [0.2, 0.25) is 5.02 Å². The van der Waals surface area contributed by atoms with Crippen LogP contribution in [0.25, 0.3) is 0 Å². The maximum atomic E-state index is 12.8. The van der Waals surface area contributed by atoms with Crippen molar-refractivity contribution in [2.45, 2.75) is 102 Å². The van der Waals surface area contributed by atoms with E-state index in [1.807, 2.05) is 0 Å². The van der Waals surface area contributed by atoms with E-state index >= 15 is 0 Å². The van der Waals surface area contributed by atoms with Gasteiger partial charge in [0.05, 0.1) is 17.2 Å². The molecule has 0 saturated heterocycles. The minimum Gasteiger partial charge on any atom is -0.393 e. The van der Waals surface area contributed by atoms with Crippen molar-refractivity contribution in [2.75, 3.05) is 5.32 Å². The molecule has 218 valence electrons.